The van der Waals surface area contributed by atoms with E-state index >= 15 is 0 Å². The first kappa shape index (κ1) is 8.41. The normalized spacial score (nSPS) is 35.9. The van der Waals surface area contributed by atoms with E-state index in [-0.39, 0.29) is 0 Å². The first-order valence-corrected chi connectivity index (χ1v) is 5.54. The van der Waals surface area contributed by atoms with Crippen molar-refractivity contribution in [1.82, 2.24) is 0 Å². The minimum Gasteiger partial charge on any atom is -0.119 e. The van der Waals surface area contributed by atoms with Gasteiger partial charge in [-0.15, -0.1) is 12.1 Å². The van der Waals surface area contributed by atoms with Gasteiger partial charge >= 0.3 is 0 Å². The minimum absolute atomic E-state index is 0.956. The highest BCUT2D eigenvalue weighted by atomic mass is 14.2. The second kappa shape index (κ2) is 3.68. The molecule has 0 amide bonds. The first-order valence-electron chi connectivity index (χ1n) is 5.54. The Labute approximate surface area is 76.5 Å². The van der Waals surface area contributed by atoms with Crippen molar-refractivity contribution in [1.29, 1.82) is 0 Å². The largest absolute Gasteiger partial charge is 0.172 e. The van der Waals surface area contributed by atoms with E-state index in [1.165, 1.54) is 38.5 Å². The van der Waals surface area contributed by atoms with Gasteiger partial charge in [0.1, 0.15) is 0 Å². The first-order chi connectivity index (χ1) is 5.92. The summed E-state index contributed by atoms with van der Waals surface area (Å²) in [6.07, 6.45) is 11.3. The molecule has 66 valence electrons. The van der Waals surface area contributed by atoms with Crippen LogP contribution < -0.4 is 0 Å². The highest BCUT2D eigenvalue weighted by molar-refractivity contribution is 6.67. The lowest BCUT2D eigenvalue weighted by Gasteiger charge is -2.39. The van der Waals surface area contributed by atoms with E-state index in [0.717, 1.165) is 18.3 Å². The molecule has 2 aliphatic rings. The van der Waals surface area contributed by atoms with Crippen molar-refractivity contribution in [2.75, 3.05) is 0 Å². The van der Waals surface area contributed by atoms with Crippen LogP contribution >= 0.6 is 0 Å². The molecule has 2 bridgehead atoms. The fraction of sp³-hybridized carbons (Fsp3) is 0.818. The molecule has 2 saturated heterocycles. The number of hydrogen-bond acceptors (Lipinski definition) is 0. The lowest BCUT2D eigenvalue weighted by Crippen LogP contribution is -2.32. The Balaban J connectivity index is 2.08. The zero-order chi connectivity index (χ0) is 8.39. The van der Waals surface area contributed by atoms with Gasteiger partial charge < -0.3 is 0 Å². The van der Waals surface area contributed by atoms with Crippen molar-refractivity contribution in [3.05, 3.63) is 12.1 Å². The van der Waals surface area contributed by atoms with Crippen LogP contribution in [0.5, 0.6) is 0 Å². The van der Waals surface area contributed by atoms with Gasteiger partial charge in [0.2, 0.25) is 0 Å². The van der Waals surface area contributed by atoms with Gasteiger partial charge in [0, 0.05) is 0 Å². The van der Waals surface area contributed by atoms with E-state index in [2.05, 4.69) is 19.0 Å². The summed E-state index contributed by atoms with van der Waals surface area (Å²) < 4.78 is 0. The Kier molecular flexibility index (Phi) is 2.58. The van der Waals surface area contributed by atoms with Crippen LogP contribution in [0.3, 0.4) is 0 Å². The summed E-state index contributed by atoms with van der Waals surface area (Å²) >= 11 is 0. The van der Waals surface area contributed by atoms with Crippen LogP contribution in [0.2, 0.25) is 11.6 Å². The van der Waals surface area contributed by atoms with Crippen molar-refractivity contribution in [3.8, 4) is 0 Å². The summed E-state index contributed by atoms with van der Waals surface area (Å²) in [7, 11) is 0. The smallest absolute Gasteiger partial charge is 0.119 e. The Hall–Kier alpha value is -0.195. The average Bonchev–Trinajstić information content (AvgIpc) is 2.04. The molecule has 1 heteroatoms. The maximum absolute atomic E-state index is 2.48. The highest BCUT2D eigenvalue weighted by Gasteiger charge is 2.36. The molecule has 2 fully saturated rings. The number of hydrogen-bond donors (Lipinski definition) is 0. The van der Waals surface area contributed by atoms with E-state index in [9.17, 15) is 0 Å². The lowest BCUT2D eigenvalue weighted by atomic mass is 9.27. The van der Waals surface area contributed by atoms with Crippen LogP contribution in [0.15, 0.2) is 12.1 Å². The molecule has 0 aliphatic carbocycles. The van der Waals surface area contributed by atoms with E-state index < -0.39 is 0 Å². The molecule has 0 unspecified atom stereocenters. The van der Waals surface area contributed by atoms with Gasteiger partial charge in [-0.2, -0.15) is 0 Å². The SMILES string of the molecule is C/C=C\B1C2CCCC1CCC2. The van der Waals surface area contributed by atoms with Crippen LogP contribution in [0.1, 0.15) is 45.4 Å². The number of fused-ring (bicyclic) bond motifs is 2. The number of rotatable bonds is 1. The molecule has 0 radical (unpaired) electrons. The Morgan fingerprint density at radius 3 is 1.92 bits per heavy atom. The third-order valence-corrected chi connectivity index (χ3v) is 3.80. The topological polar surface area (TPSA) is 0 Å². The maximum atomic E-state index is 2.48. The van der Waals surface area contributed by atoms with Crippen molar-refractivity contribution in [2.24, 2.45) is 0 Å². The van der Waals surface area contributed by atoms with Crippen LogP contribution in [0.25, 0.3) is 0 Å². The Morgan fingerprint density at radius 1 is 1.00 bits per heavy atom. The molecule has 0 saturated carbocycles. The molecule has 0 atom stereocenters. The van der Waals surface area contributed by atoms with Crippen molar-refractivity contribution in [3.63, 3.8) is 0 Å². The van der Waals surface area contributed by atoms with Crippen LogP contribution in [0.4, 0.5) is 0 Å². The fourth-order valence-corrected chi connectivity index (χ4v) is 3.26. The van der Waals surface area contributed by atoms with E-state index in [0.29, 0.717) is 0 Å². The van der Waals surface area contributed by atoms with Crippen molar-refractivity contribution in [2.45, 2.75) is 57.1 Å². The molecule has 2 aliphatic heterocycles. The van der Waals surface area contributed by atoms with Gasteiger partial charge in [-0.05, 0) is 6.92 Å². The third kappa shape index (κ3) is 1.46. The standard InChI is InChI=1S/C11H19B/c1-2-9-12-10-5-3-6-11(12)8-4-7-10/h2,9-11H,3-8H2,1H3/b9-2-. The Bertz CT molecular complexity index is 152. The van der Waals surface area contributed by atoms with Crippen molar-refractivity contribution >= 4 is 6.71 Å². The summed E-state index contributed by atoms with van der Waals surface area (Å²) in [5, 5.41) is 0. The lowest BCUT2D eigenvalue weighted by molar-refractivity contribution is 0.447. The molecular weight excluding hydrogens is 143 g/mol. The van der Waals surface area contributed by atoms with Gasteiger partial charge in [0.15, 0.2) is 6.71 Å². The Morgan fingerprint density at radius 2 is 1.50 bits per heavy atom. The molecule has 0 nitrogen and oxygen atoms in total. The van der Waals surface area contributed by atoms with E-state index in [4.69, 9.17) is 0 Å². The zero-order valence-electron chi connectivity index (χ0n) is 8.13. The second-order valence-corrected chi connectivity index (χ2v) is 4.49. The predicted octanol–water partition coefficient (Wildman–Crippen LogP) is 3.70. The maximum Gasteiger partial charge on any atom is 0.172 e. The molecular formula is C11H19B. The van der Waals surface area contributed by atoms with Gasteiger partial charge in [0.25, 0.3) is 0 Å². The fourth-order valence-electron chi connectivity index (χ4n) is 3.26. The summed E-state index contributed by atoms with van der Waals surface area (Å²) in [5.74, 6) is 4.58. The van der Waals surface area contributed by atoms with Gasteiger partial charge in [-0.3, -0.25) is 0 Å². The van der Waals surface area contributed by atoms with E-state index in [1.54, 1.807) is 0 Å². The zero-order valence-corrected chi connectivity index (χ0v) is 8.13. The van der Waals surface area contributed by atoms with E-state index in [1.807, 2.05) is 0 Å². The summed E-state index contributed by atoms with van der Waals surface area (Å²) in [5.41, 5.74) is 0. The minimum atomic E-state index is 0.956. The quantitative estimate of drug-likeness (QED) is 0.515. The molecule has 0 N–H and O–H groups in total. The molecule has 2 rings (SSSR count). The van der Waals surface area contributed by atoms with Crippen LogP contribution in [0, 0.1) is 0 Å². The highest BCUT2D eigenvalue weighted by Crippen LogP contribution is 2.46. The molecule has 0 aromatic rings. The molecule has 0 spiro atoms. The predicted molar refractivity (Wildman–Crippen MR) is 55.8 cm³/mol. The number of allylic oxidation sites excluding steroid dienone is 1. The second-order valence-electron chi connectivity index (χ2n) is 4.49. The van der Waals surface area contributed by atoms with Gasteiger partial charge in [-0.25, -0.2) is 0 Å². The average molecular weight is 162 g/mol. The molecule has 0 aromatic carbocycles. The molecule has 2 heterocycles. The molecule has 12 heavy (non-hydrogen) atoms. The van der Waals surface area contributed by atoms with Crippen LogP contribution in [-0.4, -0.2) is 6.71 Å². The monoisotopic (exact) mass is 162 g/mol. The molecule has 0 aromatic heterocycles. The van der Waals surface area contributed by atoms with Gasteiger partial charge in [-0.1, -0.05) is 50.2 Å². The van der Waals surface area contributed by atoms with Crippen LogP contribution in [-0.2, 0) is 0 Å². The summed E-state index contributed by atoms with van der Waals surface area (Å²) in [4.78, 5) is 0. The summed E-state index contributed by atoms with van der Waals surface area (Å²) in [6, 6.07) is 0. The summed E-state index contributed by atoms with van der Waals surface area (Å²) in [6.45, 7) is 3.13. The van der Waals surface area contributed by atoms with Crippen molar-refractivity contribution < 1.29 is 0 Å². The third-order valence-electron chi connectivity index (χ3n) is 3.80. The van der Waals surface area contributed by atoms with Gasteiger partial charge in [0.05, 0.1) is 0 Å².